The molecule has 0 saturated carbocycles. The highest BCUT2D eigenvalue weighted by Crippen LogP contribution is 2.21. The van der Waals surface area contributed by atoms with Gasteiger partial charge in [0.25, 0.3) is 0 Å². The summed E-state index contributed by atoms with van der Waals surface area (Å²) < 4.78 is 24.8. The summed E-state index contributed by atoms with van der Waals surface area (Å²) in [4.78, 5) is 11.6. The normalized spacial score (nSPS) is 12.9. The average molecular weight is 270 g/mol. The zero-order valence-corrected chi connectivity index (χ0v) is 11.8. The van der Waals surface area contributed by atoms with Gasteiger partial charge in [-0.15, -0.1) is 0 Å². The number of carbonyl (C=O) groups excluding carboxylic acids is 1. The number of aryl methyl sites for hydroxylation is 1. The Kier molecular flexibility index (Phi) is 4.34. The van der Waals surface area contributed by atoms with Gasteiger partial charge in [-0.1, -0.05) is 17.7 Å². The maximum Gasteiger partial charge on any atom is 0.243 e. The molecule has 1 aromatic carbocycles. The van der Waals surface area contributed by atoms with Crippen molar-refractivity contribution < 1.29 is 13.2 Å². The first-order chi connectivity index (χ1) is 8.27. The molecule has 1 rings (SSSR count). The van der Waals surface area contributed by atoms with Crippen molar-refractivity contribution in [2.24, 2.45) is 0 Å². The Morgan fingerprint density at radius 2 is 1.78 bits per heavy atom. The van der Waals surface area contributed by atoms with E-state index in [1.807, 2.05) is 19.1 Å². The van der Waals surface area contributed by atoms with Crippen LogP contribution in [0.15, 0.2) is 24.3 Å². The lowest BCUT2D eigenvalue weighted by Gasteiger charge is -2.27. The van der Waals surface area contributed by atoms with E-state index in [9.17, 15) is 13.2 Å². The van der Waals surface area contributed by atoms with Gasteiger partial charge in [0, 0.05) is 7.05 Å². The van der Waals surface area contributed by atoms with Gasteiger partial charge in [0.05, 0.1) is 11.9 Å². The lowest BCUT2D eigenvalue weighted by atomic mass is 10.2. The molecular weight excluding hydrogens is 252 g/mol. The number of sulfonamides is 1. The number of hydrogen-bond acceptors (Lipinski definition) is 3. The minimum absolute atomic E-state index is 0.346. The molecule has 0 heterocycles. The van der Waals surface area contributed by atoms with Crippen molar-refractivity contribution in [2.45, 2.75) is 19.9 Å². The highest BCUT2D eigenvalue weighted by atomic mass is 32.2. The summed E-state index contributed by atoms with van der Waals surface area (Å²) in [7, 11) is -2.03. The van der Waals surface area contributed by atoms with Crippen LogP contribution in [-0.2, 0) is 14.8 Å². The Morgan fingerprint density at radius 1 is 1.28 bits per heavy atom. The second-order valence-electron chi connectivity index (χ2n) is 4.18. The van der Waals surface area contributed by atoms with Gasteiger partial charge in [0.2, 0.25) is 15.9 Å². The van der Waals surface area contributed by atoms with Crippen LogP contribution in [0.25, 0.3) is 0 Å². The monoisotopic (exact) mass is 270 g/mol. The van der Waals surface area contributed by atoms with Crippen LogP contribution in [0.4, 0.5) is 5.69 Å². The Bertz CT molecular complexity index is 523. The summed E-state index contributed by atoms with van der Waals surface area (Å²) in [6.45, 7) is 3.47. The highest BCUT2D eigenvalue weighted by Gasteiger charge is 2.28. The molecule has 0 fully saturated rings. The Balaban J connectivity index is 3.23. The van der Waals surface area contributed by atoms with E-state index in [0.29, 0.717) is 5.69 Å². The number of rotatable bonds is 4. The molecule has 0 aliphatic carbocycles. The van der Waals surface area contributed by atoms with Gasteiger partial charge < -0.3 is 5.32 Å². The molecule has 6 heteroatoms. The zero-order chi connectivity index (χ0) is 13.9. The van der Waals surface area contributed by atoms with Crippen LogP contribution < -0.4 is 9.62 Å². The summed E-state index contributed by atoms with van der Waals surface area (Å²) in [6.07, 6.45) is 1.09. The third kappa shape index (κ3) is 3.22. The number of hydrogen-bond donors (Lipinski definition) is 1. The molecule has 0 saturated heterocycles. The first-order valence-electron chi connectivity index (χ1n) is 5.55. The first-order valence-corrected chi connectivity index (χ1v) is 7.40. The molecule has 100 valence electrons. The predicted octanol–water partition coefficient (Wildman–Crippen LogP) is 0.896. The molecule has 1 atom stereocenters. The quantitative estimate of drug-likeness (QED) is 0.884. The molecule has 0 aromatic heterocycles. The van der Waals surface area contributed by atoms with Gasteiger partial charge in [-0.2, -0.15) is 0 Å². The number of nitrogens with one attached hydrogen (secondary N) is 1. The second-order valence-corrected chi connectivity index (χ2v) is 6.04. The summed E-state index contributed by atoms with van der Waals surface area (Å²) in [6, 6.07) is 6.22. The SMILES string of the molecule is CNC(=O)[C@@H](C)N(c1ccc(C)cc1)S(C)(=O)=O. The van der Waals surface area contributed by atoms with Gasteiger partial charge in [0.1, 0.15) is 6.04 Å². The first kappa shape index (κ1) is 14.5. The number of nitrogens with zero attached hydrogens (tertiary/aromatic N) is 1. The summed E-state index contributed by atoms with van der Waals surface area (Å²) in [5.74, 6) is -0.346. The molecule has 0 radical (unpaired) electrons. The van der Waals surface area contributed by atoms with Crippen LogP contribution in [0.3, 0.4) is 0 Å². The van der Waals surface area contributed by atoms with Crippen molar-refractivity contribution in [3.8, 4) is 0 Å². The fourth-order valence-corrected chi connectivity index (χ4v) is 2.88. The van der Waals surface area contributed by atoms with Crippen LogP contribution in [0.5, 0.6) is 0 Å². The topological polar surface area (TPSA) is 66.5 Å². The van der Waals surface area contributed by atoms with Crippen LogP contribution in [0.1, 0.15) is 12.5 Å². The van der Waals surface area contributed by atoms with Gasteiger partial charge in [-0.05, 0) is 26.0 Å². The summed E-state index contributed by atoms with van der Waals surface area (Å²) in [5.41, 5.74) is 1.51. The van der Waals surface area contributed by atoms with Crippen LogP contribution in [-0.4, -0.2) is 33.7 Å². The fourth-order valence-electron chi connectivity index (χ4n) is 1.71. The number of anilines is 1. The molecule has 1 N–H and O–H groups in total. The van der Waals surface area contributed by atoms with Crippen LogP contribution >= 0.6 is 0 Å². The van der Waals surface area contributed by atoms with Gasteiger partial charge >= 0.3 is 0 Å². The van der Waals surface area contributed by atoms with Gasteiger partial charge in [0.15, 0.2) is 0 Å². The third-order valence-electron chi connectivity index (χ3n) is 2.62. The molecule has 18 heavy (non-hydrogen) atoms. The van der Waals surface area contributed by atoms with Crippen molar-refractivity contribution in [3.05, 3.63) is 29.8 Å². The smallest absolute Gasteiger partial charge is 0.243 e. The average Bonchev–Trinajstić information content (AvgIpc) is 2.29. The largest absolute Gasteiger partial charge is 0.357 e. The minimum Gasteiger partial charge on any atom is -0.357 e. The standard InChI is InChI=1S/C12H18N2O3S/c1-9-5-7-11(8-6-9)14(18(4,16)17)10(2)12(15)13-3/h5-8,10H,1-4H3,(H,13,15)/t10-/m1/s1. The summed E-state index contributed by atoms with van der Waals surface area (Å²) >= 11 is 0. The maximum absolute atomic E-state index is 11.8. The molecule has 5 nitrogen and oxygen atoms in total. The van der Waals surface area contributed by atoms with E-state index in [2.05, 4.69) is 5.32 Å². The van der Waals surface area contributed by atoms with E-state index in [-0.39, 0.29) is 5.91 Å². The molecule has 0 aliphatic heterocycles. The van der Waals surface area contributed by atoms with E-state index in [4.69, 9.17) is 0 Å². The Morgan fingerprint density at radius 3 is 2.17 bits per heavy atom. The number of benzene rings is 1. The van der Waals surface area contributed by atoms with Gasteiger partial charge in [-0.3, -0.25) is 9.10 Å². The van der Waals surface area contributed by atoms with E-state index in [0.717, 1.165) is 16.1 Å². The van der Waals surface area contributed by atoms with Crippen molar-refractivity contribution in [2.75, 3.05) is 17.6 Å². The van der Waals surface area contributed by atoms with E-state index >= 15 is 0 Å². The molecule has 1 aromatic rings. The molecule has 0 bridgehead atoms. The number of amides is 1. The van der Waals surface area contributed by atoms with Gasteiger partial charge in [-0.25, -0.2) is 8.42 Å². The number of likely N-dealkylation sites (N-methyl/N-ethyl adjacent to an activating group) is 1. The van der Waals surface area contributed by atoms with Crippen LogP contribution in [0, 0.1) is 6.92 Å². The van der Waals surface area contributed by atoms with E-state index in [1.165, 1.54) is 7.05 Å². The summed E-state index contributed by atoms with van der Waals surface area (Å²) in [5, 5.41) is 2.45. The van der Waals surface area contributed by atoms with Crippen molar-refractivity contribution in [1.82, 2.24) is 5.32 Å². The molecule has 0 spiro atoms. The van der Waals surface area contributed by atoms with Crippen molar-refractivity contribution in [3.63, 3.8) is 0 Å². The third-order valence-corrected chi connectivity index (χ3v) is 3.86. The molecule has 0 unspecified atom stereocenters. The Labute approximate surface area is 108 Å². The molecule has 0 aliphatic rings. The second kappa shape index (κ2) is 5.39. The highest BCUT2D eigenvalue weighted by molar-refractivity contribution is 7.92. The Hall–Kier alpha value is -1.56. The van der Waals surface area contributed by atoms with Crippen LogP contribution in [0.2, 0.25) is 0 Å². The molecular formula is C12H18N2O3S. The van der Waals surface area contributed by atoms with Crippen molar-refractivity contribution >= 4 is 21.6 Å². The maximum atomic E-state index is 11.8. The zero-order valence-electron chi connectivity index (χ0n) is 11.0. The predicted molar refractivity (Wildman–Crippen MR) is 72.0 cm³/mol. The minimum atomic E-state index is -3.51. The lowest BCUT2D eigenvalue weighted by molar-refractivity contribution is -0.121. The molecule has 1 amide bonds. The van der Waals surface area contributed by atoms with E-state index < -0.39 is 16.1 Å². The lowest BCUT2D eigenvalue weighted by Crippen LogP contribution is -2.46. The van der Waals surface area contributed by atoms with E-state index in [1.54, 1.807) is 19.1 Å². The van der Waals surface area contributed by atoms with Crippen molar-refractivity contribution in [1.29, 1.82) is 0 Å². The fraction of sp³-hybridized carbons (Fsp3) is 0.417. The number of carbonyl (C=O) groups is 1.